The Labute approximate surface area is 77.1 Å². The van der Waals surface area contributed by atoms with Crippen LogP contribution in [-0.2, 0) is 0 Å². The minimum absolute atomic E-state index is 0.110. The van der Waals surface area contributed by atoms with Crippen LogP contribution in [0.15, 0.2) is 24.3 Å². The van der Waals surface area contributed by atoms with E-state index in [1.807, 2.05) is 18.2 Å². The number of allylic oxidation sites excluding steroid dienone is 1. The lowest BCUT2D eigenvalue weighted by molar-refractivity contribution is 0.594. The van der Waals surface area contributed by atoms with Crippen LogP contribution in [0.25, 0.3) is 6.08 Å². The summed E-state index contributed by atoms with van der Waals surface area (Å²) in [5.74, 6) is 0.0714. The molecule has 0 bridgehead atoms. The maximum absolute atomic E-state index is 13.4. The molecule has 13 heavy (non-hydrogen) atoms. The van der Waals surface area contributed by atoms with Gasteiger partial charge in [0.2, 0.25) is 0 Å². The summed E-state index contributed by atoms with van der Waals surface area (Å²) in [5, 5.41) is 0. The fourth-order valence-corrected chi connectivity index (χ4v) is 1.83. The van der Waals surface area contributed by atoms with Gasteiger partial charge in [0.05, 0.1) is 0 Å². The van der Waals surface area contributed by atoms with E-state index in [0.29, 0.717) is 6.54 Å². The fraction of sp³-hybridized carbons (Fsp3) is 0.273. The molecule has 1 atom stereocenters. The van der Waals surface area contributed by atoms with Crippen LogP contribution in [0, 0.1) is 5.82 Å². The highest BCUT2D eigenvalue weighted by Gasteiger charge is 2.19. The first-order valence-corrected chi connectivity index (χ1v) is 4.49. The molecule has 0 saturated carbocycles. The van der Waals surface area contributed by atoms with Gasteiger partial charge in [0, 0.05) is 11.5 Å². The second-order valence-electron chi connectivity index (χ2n) is 3.29. The van der Waals surface area contributed by atoms with Gasteiger partial charge in [-0.3, -0.25) is 0 Å². The van der Waals surface area contributed by atoms with Crippen LogP contribution in [0.2, 0.25) is 0 Å². The van der Waals surface area contributed by atoms with Crippen LogP contribution in [0.1, 0.15) is 23.5 Å². The Hall–Kier alpha value is -1.15. The van der Waals surface area contributed by atoms with Crippen molar-refractivity contribution in [2.45, 2.75) is 12.3 Å². The smallest absolute Gasteiger partial charge is 0.127 e. The molecule has 0 saturated heterocycles. The molecule has 2 N–H and O–H groups in total. The summed E-state index contributed by atoms with van der Waals surface area (Å²) in [4.78, 5) is 0. The molecule has 0 fully saturated rings. The van der Waals surface area contributed by atoms with Crippen LogP contribution in [-0.4, -0.2) is 6.54 Å². The van der Waals surface area contributed by atoms with Crippen molar-refractivity contribution in [2.75, 3.05) is 6.54 Å². The van der Waals surface area contributed by atoms with Gasteiger partial charge in [0.25, 0.3) is 0 Å². The van der Waals surface area contributed by atoms with E-state index >= 15 is 0 Å². The molecule has 1 nitrogen and oxygen atoms in total. The van der Waals surface area contributed by atoms with E-state index in [1.54, 1.807) is 6.07 Å². The molecule has 0 heterocycles. The third kappa shape index (κ3) is 1.38. The summed E-state index contributed by atoms with van der Waals surface area (Å²) in [6.45, 7) is 0.600. The first-order valence-electron chi connectivity index (χ1n) is 4.49. The fourth-order valence-electron chi connectivity index (χ4n) is 1.83. The van der Waals surface area contributed by atoms with Crippen LogP contribution in [0.5, 0.6) is 0 Å². The lowest BCUT2D eigenvalue weighted by Crippen LogP contribution is -2.05. The molecular formula is C11H12FN. The van der Waals surface area contributed by atoms with Crippen LogP contribution < -0.4 is 5.73 Å². The molecule has 68 valence electrons. The van der Waals surface area contributed by atoms with E-state index in [2.05, 4.69) is 0 Å². The zero-order chi connectivity index (χ0) is 9.26. The van der Waals surface area contributed by atoms with Gasteiger partial charge in [-0.25, -0.2) is 4.39 Å². The van der Waals surface area contributed by atoms with Crippen molar-refractivity contribution < 1.29 is 4.39 Å². The van der Waals surface area contributed by atoms with Crippen LogP contribution in [0.3, 0.4) is 0 Å². The first kappa shape index (κ1) is 8.45. The molecule has 1 aliphatic carbocycles. The second-order valence-corrected chi connectivity index (χ2v) is 3.29. The number of nitrogens with two attached hydrogens (primary N) is 1. The Morgan fingerprint density at radius 3 is 3.00 bits per heavy atom. The zero-order valence-corrected chi connectivity index (χ0v) is 7.33. The lowest BCUT2D eigenvalue weighted by Gasteiger charge is -2.09. The predicted octanol–water partition coefficient (Wildman–Crippen LogP) is 2.28. The average Bonchev–Trinajstić information content (AvgIpc) is 2.51. The van der Waals surface area contributed by atoms with Crippen molar-refractivity contribution in [3.05, 3.63) is 41.2 Å². The summed E-state index contributed by atoms with van der Waals surface area (Å²) in [6.07, 6.45) is 4.82. The topological polar surface area (TPSA) is 26.0 Å². The number of halogens is 1. The molecule has 1 aliphatic rings. The van der Waals surface area contributed by atoms with Gasteiger partial charge in [-0.05, 0) is 24.6 Å². The highest BCUT2D eigenvalue weighted by molar-refractivity contribution is 5.62. The van der Waals surface area contributed by atoms with Crippen molar-refractivity contribution in [2.24, 2.45) is 5.73 Å². The summed E-state index contributed by atoms with van der Waals surface area (Å²) < 4.78 is 13.4. The largest absolute Gasteiger partial charge is 0.330 e. The highest BCUT2D eigenvalue weighted by Crippen LogP contribution is 2.33. The molecule has 2 heteroatoms. The molecule has 0 radical (unpaired) electrons. The number of fused-ring (bicyclic) bond motifs is 1. The van der Waals surface area contributed by atoms with Crippen molar-refractivity contribution in [3.8, 4) is 0 Å². The van der Waals surface area contributed by atoms with Gasteiger partial charge in [-0.15, -0.1) is 0 Å². The van der Waals surface area contributed by atoms with Crippen molar-refractivity contribution in [1.29, 1.82) is 0 Å². The zero-order valence-electron chi connectivity index (χ0n) is 7.33. The van der Waals surface area contributed by atoms with Gasteiger partial charge < -0.3 is 5.73 Å². The van der Waals surface area contributed by atoms with Crippen molar-refractivity contribution >= 4 is 6.08 Å². The number of hydrogen-bond acceptors (Lipinski definition) is 1. The number of hydrogen-bond donors (Lipinski definition) is 1. The minimum atomic E-state index is -0.110. The molecule has 1 unspecified atom stereocenters. The molecule has 1 aromatic rings. The predicted molar refractivity (Wildman–Crippen MR) is 51.8 cm³/mol. The molecule has 0 spiro atoms. The summed E-state index contributed by atoms with van der Waals surface area (Å²) >= 11 is 0. The Bertz CT molecular complexity index is 344. The number of benzene rings is 1. The van der Waals surface area contributed by atoms with Gasteiger partial charge >= 0.3 is 0 Å². The van der Waals surface area contributed by atoms with E-state index < -0.39 is 0 Å². The Morgan fingerprint density at radius 1 is 1.38 bits per heavy atom. The van der Waals surface area contributed by atoms with Crippen LogP contribution >= 0.6 is 0 Å². The lowest BCUT2D eigenvalue weighted by atomic mass is 9.97. The van der Waals surface area contributed by atoms with Crippen molar-refractivity contribution in [1.82, 2.24) is 0 Å². The Kier molecular flexibility index (Phi) is 2.15. The monoisotopic (exact) mass is 177 g/mol. The van der Waals surface area contributed by atoms with E-state index in [9.17, 15) is 4.39 Å². The SMILES string of the molecule is NCCC1C=Cc2cccc(F)c21. The molecule has 1 aromatic carbocycles. The van der Waals surface area contributed by atoms with E-state index in [0.717, 1.165) is 17.5 Å². The standard InChI is InChI=1S/C11H12FN/c12-10-3-1-2-8-4-5-9(6-7-13)11(8)10/h1-5,9H,6-7,13H2. The summed E-state index contributed by atoms with van der Waals surface area (Å²) in [6, 6.07) is 5.18. The molecular weight excluding hydrogens is 165 g/mol. The van der Waals surface area contributed by atoms with E-state index in [-0.39, 0.29) is 11.7 Å². The second kappa shape index (κ2) is 3.30. The maximum atomic E-state index is 13.4. The van der Waals surface area contributed by atoms with Gasteiger partial charge in [-0.1, -0.05) is 24.3 Å². The molecule has 0 aliphatic heterocycles. The maximum Gasteiger partial charge on any atom is 0.127 e. The third-order valence-corrected chi connectivity index (χ3v) is 2.44. The van der Waals surface area contributed by atoms with Gasteiger partial charge in [0.1, 0.15) is 5.82 Å². The normalized spacial score (nSPS) is 19.1. The third-order valence-electron chi connectivity index (χ3n) is 2.44. The Morgan fingerprint density at radius 2 is 2.23 bits per heavy atom. The summed E-state index contributed by atoms with van der Waals surface area (Å²) in [7, 11) is 0. The molecule has 0 amide bonds. The first-order chi connectivity index (χ1) is 6.33. The van der Waals surface area contributed by atoms with Gasteiger partial charge in [0.15, 0.2) is 0 Å². The summed E-state index contributed by atoms with van der Waals surface area (Å²) in [5.41, 5.74) is 7.27. The van der Waals surface area contributed by atoms with E-state index in [1.165, 1.54) is 6.07 Å². The van der Waals surface area contributed by atoms with Gasteiger partial charge in [-0.2, -0.15) is 0 Å². The average molecular weight is 177 g/mol. The highest BCUT2D eigenvalue weighted by atomic mass is 19.1. The molecule has 0 aromatic heterocycles. The van der Waals surface area contributed by atoms with E-state index in [4.69, 9.17) is 5.73 Å². The Balaban J connectivity index is 2.39. The molecule has 2 rings (SSSR count). The number of rotatable bonds is 2. The quantitative estimate of drug-likeness (QED) is 0.736. The minimum Gasteiger partial charge on any atom is -0.330 e. The van der Waals surface area contributed by atoms with Crippen LogP contribution in [0.4, 0.5) is 4.39 Å². The van der Waals surface area contributed by atoms with Crippen molar-refractivity contribution in [3.63, 3.8) is 0 Å².